The third kappa shape index (κ3) is 2.10. The molecule has 0 unspecified atom stereocenters. The van der Waals surface area contributed by atoms with Crippen LogP contribution in [0.15, 0.2) is 0 Å². The van der Waals surface area contributed by atoms with E-state index in [1.807, 2.05) is 4.68 Å². The Bertz CT molecular complexity index is 411. The fraction of sp³-hybridized carbons (Fsp3) is 0.846. The molecule has 0 spiro atoms. The third-order valence-electron chi connectivity index (χ3n) is 3.41. The van der Waals surface area contributed by atoms with Crippen molar-refractivity contribution in [2.45, 2.75) is 64.3 Å². The van der Waals surface area contributed by atoms with Crippen molar-refractivity contribution in [3.8, 4) is 0 Å². The quantitative estimate of drug-likeness (QED) is 0.876. The van der Waals surface area contributed by atoms with Crippen LogP contribution in [0.1, 0.15) is 65.0 Å². The van der Waals surface area contributed by atoms with Crippen molar-refractivity contribution < 1.29 is 5.11 Å². The van der Waals surface area contributed by atoms with E-state index in [1.165, 1.54) is 0 Å². The van der Waals surface area contributed by atoms with Gasteiger partial charge in [0.15, 0.2) is 5.82 Å². The molecule has 1 fully saturated rings. The van der Waals surface area contributed by atoms with Crippen LogP contribution < -0.4 is 0 Å². The first-order valence-corrected chi connectivity index (χ1v) is 6.39. The molecule has 96 valence electrons. The summed E-state index contributed by atoms with van der Waals surface area (Å²) in [5, 5.41) is 14.2. The zero-order chi connectivity index (χ0) is 12.8. The molecule has 1 aromatic rings. The number of hydrogen-bond acceptors (Lipinski definition) is 3. The number of rotatable bonds is 3. The second kappa shape index (κ2) is 3.80. The largest absolute Gasteiger partial charge is 0.395 e. The zero-order valence-electron chi connectivity index (χ0n) is 11.5. The number of nitrogens with zero attached hydrogens (tertiary/aromatic N) is 3. The third-order valence-corrected chi connectivity index (χ3v) is 3.41. The Hall–Kier alpha value is -0.900. The molecule has 0 atom stereocenters. The molecule has 1 N–H and O–H groups in total. The van der Waals surface area contributed by atoms with E-state index in [1.54, 1.807) is 0 Å². The molecule has 0 radical (unpaired) electrons. The second-order valence-corrected chi connectivity index (χ2v) is 6.47. The number of aliphatic hydroxyl groups is 1. The van der Waals surface area contributed by atoms with Gasteiger partial charge in [0.1, 0.15) is 5.82 Å². The molecule has 0 aromatic carbocycles. The Balaban J connectivity index is 2.49. The van der Waals surface area contributed by atoms with Crippen LogP contribution >= 0.6 is 0 Å². The van der Waals surface area contributed by atoms with E-state index >= 15 is 0 Å². The van der Waals surface area contributed by atoms with Crippen molar-refractivity contribution in [1.82, 2.24) is 14.8 Å². The molecule has 1 saturated carbocycles. The van der Waals surface area contributed by atoms with Gasteiger partial charge in [0.05, 0.1) is 17.6 Å². The minimum Gasteiger partial charge on any atom is -0.395 e. The van der Waals surface area contributed by atoms with E-state index in [2.05, 4.69) is 44.7 Å². The lowest BCUT2D eigenvalue weighted by Crippen LogP contribution is -2.30. The predicted molar refractivity (Wildman–Crippen MR) is 67.1 cm³/mol. The first-order valence-electron chi connectivity index (χ1n) is 6.39. The summed E-state index contributed by atoms with van der Waals surface area (Å²) in [4.78, 5) is 4.67. The van der Waals surface area contributed by atoms with Crippen LogP contribution in [0, 0.1) is 0 Å². The monoisotopic (exact) mass is 237 g/mol. The van der Waals surface area contributed by atoms with Crippen LogP contribution in [0.4, 0.5) is 0 Å². The van der Waals surface area contributed by atoms with Crippen molar-refractivity contribution >= 4 is 0 Å². The molecule has 1 aliphatic rings. The summed E-state index contributed by atoms with van der Waals surface area (Å²) in [6.07, 6.45) is 2.05. The lowest BCUT2D eigenvalue weighted by molar-refractivity contribution is 0.234. The van der Waals surface area contributed by atoms with Crippen LogP contribution in [-0.2, 0) is 11.0 Å². The van der Waals surface area contributed by atoms with Crippen LogP contribution in [0.3, 0.4) is 0 Å². The van der Waals surface area contributed by atoms with Crippen molar-refractivity contribution in [2.75, 3.05) is 6.61 Å². The van der Waals surface area contributed by atoms with Crippen molar-refractivity contribution in [3.63, 3.8) is 0 Å². The molecule has 4 nitrogen and oxygen atoms in total. The number of hydrogen-bond donors (Lipinski definition) is 1. The van der Waals surface area contributed by atoms with Gasteiger partial charge in [-0.15, -0.1) is 0 Å². The molecule has 1 aromatic heterocycles. The van der Waals surface area contributed by atoms with E-state index in [9.17, 15) is 5.11 Å². The summed E-state index contributed by atoms with van der Waals surface area (Å²) in [6.45, 7) is 10.8. The lowest BCUT2D eigenvalue weighted by Gasteiger charge is -2.24. The number of aliphatic hydroxyl groups excluding tert-OH is 1. The fourth-order valence-corrected chi connectivity index (χ4v) is 1.99. The van der Waals surface area contributed by atoms with E-state index in [4.69, 9.17) is 0 Å². The first kappa shape index (κ1) is 12.6. The van der Waals surface area contributed by atoms with Gasteiger partial charge in [0.25, 0.3) is 0 Å². The van der Waals surface area contributed by atoms with Crippen LogP contribution in [0.25, 0.3) is 0 Å². The van der Waals surface area contributed by atoms with Gasteiger partial charge < -0.3 is 5.11 Å². The maximum atomic E-state index is 9.57. The minimum atomic E-state index is -0.118. The molecule has 0 aliphatic heterocycles. The Kier molecular flexibility index (Phi) is 2.81. The van der Waals surface area contributed by atoms with Gasteiger partial charge in [-0.25, -0.2) is 9.67 Å². The molecule has 0 amide bonds. The van der Waals surface area contributed by atoms with E-state index in [-0.39, 0.29) is 17.6 Å². The van der Waals surface area contributed by atoms with Gasteiger partial charge in [0.2, 0.25) is 0 Å². The minimum absolute atomic E-state index is 0.0831. The maximum Gasteiger partial charge on any atom is 0.153 e. The van der Waals surface area contributed by atoms with Gasteiger partial charge in [-0.1, -0.05) is 13.8 Å². The van der Waals surface area contributed by atoms with Gasteiger partial charge in [-0.3, -0.25) is 0 Å². The zero-order valence-corrected chi connectivity index (χ0v) is 11.5. The lowest BCUT2D eigenvalue weighted by atomic mass is 10.0. The summed E-state index contributed by atoms with van der Waals surface area (Å²) in [6, 6.07) is 0. The Morgan fingerprint density at radius 3 is 2.29 bits per heavy atom. The fourth-order valence-electron chi connectivity index (χ4n) is 1.99. The second-order valence-electron chi connectivity index (χ2n) is 6.47. The standard InChI is InChI=1S/C13H23N3O/c1-9(2)10-14-11(13(8-17)6-7-13)16(15-10)12(3,4)5/h9,17H,6-8H2,1-5H3. The summed E-state index contributed by atoms with van der Waals surface area (Å²) in [7, 11) is 0. The molecule has 1 aliphatic carbocycles. The van der Waals surface area contributed by atoms with Gasteiger partial charge in [-0.2, -0.15) is 5.10 Å². The molecular weight excluding hydrogens is 214 g/mol. The molecule has 1 heterocycles. The average Bonchev–Trinajstić information content (AvgIpc) is 2.87. The highest BCUT2D eigenvalue weighted by atomic mass is 16.3. The molecule has 0 saturated heterocycles. The summed E-state index contributed by atoms with van der Waals surface area (Å²) < 4.78 is 2.01. The average molecular weight is 237 g/mol. The van der Waals surface area contributed by atoms with Gasteiger partial charge in [0, 0.05) is 5.92 Å². The van der Waals surface area contributed by atoms with Gasteiger partial charge >= 0.3 is 0 Å². The van der Waals surface area contributed by atoms with Crippen LogP contribution in [0.5, 0.6) is 0 Å². The smallest absolute Gasteiger partial charge is 0.153 e. The molecule has 0 bridgehead atoms. The summed E-state index contributed by atoms with van der Waals surface area (Å²) >= 11 is 0. The molecular formula is C13H23N3O. The highest BCUT2D eigenvalue weighted by Crippen LogP contribution is 2.47. The van der Waals surface area contributed by atoms with E-state index in [0.717, 1.165) is 24.5 Å². The summed E-state index contributed by atoms with van der Waals surface area (Å²) in [5.41, 5.74) is -0.201. The number of aromatic nitrogens is 3. The van der Waals surface area contributed by atoms with E-state index < -0.39 is 0 Å². The highest BCUT2D eigenvalue weighted by molar-refractivity contribution is 5.20. The molecule has 17 heavy (non-hydrogen) atoms. The topological polar surface area (TPSA) is 50.9 Å². The van der Waals surface area contributed by atoms with Crippen molar-refractivity contribution in [3.05, 3.63) is 11.6 Å². The van der Waals surface area contributed by atoms with E-state index in [0.29, 0.717) is 5.92 Å². The van der Waals surface area contributed by atoms with Gasteiger partial charge in [-0.05, 0) is 33.6 Å². The first-order chi connectivity index (χ1) is 7.80. The summed E-state index contributed by atoms with van der Waals surface area (Å²) in [5.74, 6) is 2.18. The molecule has 2 rings (SSSR count). The Morgan fingerprint density at radius 2 is 1.94 bits per heavy atom. The maximum absolute atomic E-state index is 9.57. The molecule has 4 heteroatoms. The Morgan fingerprint density at radius 1 is 1.35 bits per heavy atom. The highest BCUT2D eigenvalue weighted by Gasteiger charge is 2.49. The predicted octanol–water partition coefficient (Wildman–Crippen LogP) is 2.18. The normalized spacial score (nSPS) is 18.8. The Labute approximate surface area is 103 Å². The van der Waals surface area contributed by atoms with Crippen molar-refractivity contribution in [2.24, 2.45) is 0 Å². The van der Waals surface area contributed by atoms with Crippen LogP contribution in [0.2, 0.25) is 0 Å². The van der Waals surface area contributed by atoms with Crippen molar-refractivity contribution in [1.29, 1.82) is 0 Å². The SMILES string of the molecule is CC(C)c1nc(C2(CO)CC2)n(C(C)(C)C)n1. The van der Waals surface area contributed by atoms with Crippen LogP contribution in [-0.4, -0.2) is 26.5 Å².